The summed E-state index contributed by atoms with van der Waals surface area (Å²) in [6, 6.07) is 15.1. The summed E-state index contributed by atoms with van der Waals surface area (Å²) < 4.78 is 10.8. The fourth-order valence-electron chi connectivity index (χ4n) is 4.83. The first kappa shape index (κ1) is 22.8. The van der Waals surface area contributed by atoms with Gasteiger partial charge < -0.3 is 24.8 Å². The Morgan fingerprint density at radius 1 is 1.12 bits per heavy atom. The van der Waals surface area contributed by atoms with Crippen molar-refractivity contribution in [2.45, 2.75) is 43.9 Å². The molecule has 33 heavy (non-hydrogen) atoms. The van der Waals surface area contributed by atoms with Crippen LogP contribution in [0.15, 0.2) is 48.5 Å². The number of carbonyl (C=O) groups is 3. The van der Waals surface area contributed by atoms with Crippen molar-refractivity contribution in [3.63, 3.8) is 0 Å². The SMILES string of the molecule is COC1CN(C(=O)[C@@H](C)NC(=O)OCC2c3ccccc3-c3ccccc32)C(C)(C(=O)O)C1. The molecule has 1 aliphatic heterocycles. The molecule has 3 atom stereocenters. The second-order valence-electron chi connectivity index (χ2n) is 8.78. The first-order chi connectivity index (χ1) is 15.8. The van der Waals surface area contributed by atoms with Gasteiger partial charge in [-0.05, 0) is 36.1 Å². The molecule has 2 aromatic carbocycles. The highest BCUT2D eigenvalue weighted by Crippen LogP contribution is 2.44. The highest BCUT2D eigenvalue weighted by atomic mass is 16.5. The van der Waals surface area contributed by atoms with Gasteiger partial charge in [-0.25, -0.2) is 9.59 Å². The molecular weight excluding hydrogens is 424 g/mol. The number of amides is 2. The molecule has 0 radical (unpaired) electrons. The van der Waals surface area contributed by atoms with E-state index in [0.29, 0.717) is 0 Å². The van der Waals surface area contributed by atoms with Crippen LogP contribution in [0.25, 0.3) is 11.1 Å². The van der Waals surface area contributed by atoms with Crippen molar-refractivity contribution in [2.75, 3.05) is 20.3 Å². The van der Waals surface area contributed by atoms with Crippen molar-refractivity contribution in [2.24, 2.45) is 0 Å². The van der Waals surface area contributed by atoms with Gasteiger partial charge in [-0.3, -0.25) is 4.79 Å². The Labute approximate surface area is 192 Å². The van der Waals surface area contributed by atoms with Crippen LogP contribution in [-0.2, 0) is 19.1 Å². The molecule has 2 unspecified atom stereocenters. The first-order valence-electron chi connectivity index (χ1n) is 11.0. The van der Waals surface area contributed by atoms with Crippen LogP contribution in [0, 0.1) is 0 Å². The summed E-state index contributed by atoms with van der Waals surface area (Å²) >= 11 is 0. The predicted molar refractivity (Wildman–Crippen MR) is 121 cm³/mol. The zero-order chi connectivity index (χ0) is 23.8. The Morgan fingerprint density at radius 3 is 2.24 bits per heavy atom. The van der Waals surface area contributed by atoms with Gasteiger partial charge in [-0.1, -0.05) is 48.5 Å². The lowest BCUT2D eigenvalue weighted by atomic mass is 9.98. The Balaban J connectivity index is 1.40. The second-order valence-corrected chi connectivity index (χ2v) is 8.78. The number of benzene rings is 2. The standard InChI is InChI=1S/C25H28N2O6/c1-15(22(28)27-13-16(32-3)12-25(27,2)23(29)30)26-24(31)33-14-21-19-10-6-4-8-17(19)18-9-5-7-11-20(18)21/h4-11,15-16,21H,12-14H2,1-3H3,(H,26,31)(H,29,30)/t15-,16?,25?/m1/s1. The van der Waals surface area contributed by atoms with Gasteiger partial charge in [-0.2, -0.15) is 0 Å². The maximum atomic E-state index is 13.0. The monoisotopic (exact) mass is 452 g/mol. The molecule has 0 spiro atoms. The number of carboxylic acid groups (broad SMARTS) is 1. The Hall–Kier alpha value is -3.39. The van der Waals surface area contributed by atoms with E-state index in [1.165, 1.54) is 25.9 Å². The molecule has 1 aliphatic carbocycles. The number of carboxylic acids is 1. The van der Waals surface area contributed by atoms with Gasteiger partial charge in [0.25, 0.3) is 0 Å². The molecular formula is C25H28N2O6. The number of aliphatic carboxylic acids is 1. The third-order valence-corrected chi connectivity index (χ3v) is 6.72. The molecule has 174 valence electrons. The third kappa shape index (κ3) is 4.06. The predicted octanol–water partition coefficient (Wildman–Crippen LogP) is 3.00. The minimum Gasteiger partial charge on any atom is -0.480 e. The van der Waals surface area contributed by atoms with Crippen LogP contribution in [0.3, 0.4) is 0 Å². The van der Waals surface area contributed by atoms with Gasteiger partial charge in [0, 0.05) is 26.0 Å². The Bertz CT molecular complexity index is 1040. The van der Waals surface area contributed by atoms with E-state index in [4.69, 9.17) is 9.47 Å². The third-order valence-electron chi connectivity index (χ3n) is 6.72. The number of ether oxygens (including phenoxy) is 2. The van der Waals surface area contributed by atoms with Crippen LogP contribution in [0.1, 0.15) is 37.3 Å². The lowest BCUT2D eigenvalue weighted by Crippen LogP contribution is -2.56. The second kappa shape index (κ2) is 8.86. The average Bonchev–Trinajstić information content (AvgIpc) is 3.33. The molecule has 8 heteroatoms. The number of rotatable bonds is 6. The summed E-state index contributed by atoms with van der Waals surface area (Å²) in [4.78, 5) is 38.6. The maximum Gasteiger partial charge on any atom is 0.407 e. The van der Waals surface area contributed by atoms with E-state index in [9.17, 15) is 19.5 Å². The minimum atomic E-state index is -1.39. The molecule has 1 fully saturated rings. The molecule has 0 bridgehead atoms. The van der Waals surface area contributed by atoms with E-state index in [-0.39, 0.29) is 31.6 Å². The van der Waals surface area contributed by atoms with Gasteiger partial charge in [0.15, 0.2) is 0 Å². The first-order valence-corrected chi connectivity index (χ1v) is 11.0. The number of likely N-dealkylation sites (tertiary alicyclic amines) is 1. The van der Waals surface area contributed by atoms with Crippen molar-refractivity contribution in [3.05, 3.63) is 59.7 Å². The van der Waals surface area contributed by atoms with Crippen LogP contribution >= 0.6 is 0 Å². The van der Waals surface area contributed by atoms with Crippen molar-refractivity contribution in [1.29, 1.82) is 0 Å². The number of carbonyl (C=O) groups excluding carboxylic acids is 2. The lowest BCUT2D eigenvalue weighted by Gasteiger charge is -2.32. The zero-order valence-corrected chi connectivity index (χ0v) is 18.9. The molecule has 4 rings (SSSR count). The maximum absolute atomic E-state index is 13.0. The number of hydrogen-bond donors (Lipinski definition) is 2. The number of methoxy groups -OCH3 is 1. The van der Waals surface area contributed by atoms with E-state index < -0.39 is 29.6 Å². The normalized spacial score (nSPS) is 22.4. The van der Waals surface area contributed by atoms with Crippen molar-refractivity contribution in [1.82, 2.24) is 10.2 Å². The average molecular weight is 453 g/mol. The highest BCUT2D eigenvalue weighted by molar-refractivity contribution is 5.91. The number of fused-ring (bicyclic) bond motifs is 3. The van der Waals surface area contributed by atoms with Crippen LogP contribution < -0.4 is 5.32 Å². The fourth-order valence-corrected chi connectivity index (χ4v) is 4.83. The highest BCUT2D eigenvalue weighted by Gasteiger charge is 2.51. The van der Waals surface area contributed by atoms with Gasteiger partial charge in [0.2, 0.25) is 5.91 Å². The molecule has 2 aliphatic rings. The van der Waals surface area contributed by atoms with Crippen LogP contribution in [0.2, 0.25) is 0 Å². The van der Waals surface area contributed by atoms with Crippen LogP contribution in [-0.4, -0.2) is 65.9 Å². The molecule has 8 nitrogen and oxygen atoms in total. The smallest absolute Gasteiger partial charge is 0.407 e. The summed E-state index contributed by atoms with van der Waals surface area (Å²) in [5.74, 6) is -1.69. The summed E-state index contributed by atoms with van der Waals surface area (Å²) in [6.45, 7) is 3.29. The lowest BCUT2D eigenvalue weighted by molar-refractivity contribution is -0.155. The van der Waals surface area contributed by atoms with Crippen LogP contribution in [0.5, 0.6) is 0 Å². The summed E-state index contributed by atoms with van der Waals surface area (Å²) in [7, 11) is 1.49. The Kier molecular flexibility index (Phi) is 6.12. The van der Waals surface area contributed by atoms with E-state index in [1.807, 2.05) is 36.4 Å². The number of hydrogen-bond acceptors (Lipinski definition) is 5. The van der Waals surface area contributed by atoms with Gasteiger partial charge in [0.1, 0.15) is 18.2 Å². The molecule has 1 saturated heterocycles. The summed E-state index contributed by atoms with van der Waals surface area (Å²) in [5.41, 5.74) is 3.04. The topological polar surface area (TPSA) is 105 Å². The van der Waals surface area contributed by atoms with Crippen LogP contribution in [0.4, 0.5) is 4.79 Å². The van der Waals surface area contributed by atoms with Crippen molar-refractivity contribution < 1.29 is 29.0 Å². The summed E-state index contributed by atoms with van der Waals surface area (Å²) in [5, 5.41) is 12.2. The van der Waals surface area contributed by atoms with E-state index >= 15 is 0 Å². The fraction of sp³-hybridized carbons (Fsp3) is 0.400. The number of nitrogens with zero attached hydrogens (tertiary/aromatic N) is 1. The largest absolute Gasteiger partial charge is 0.480 e. The summed E-state index contributed by atoms with van der Waals surface area (Å²) in [6.07, 6.45) is -0.920. The van der Waals surface area contributed by atoms with Gasteiger partial charge >= 0.3 is 12.1 Å². The van der Waals surface area contributed by atoms with E-state index in [1.54, 1.807) is 0 Å². The quantitative estimate of drug-likeness (QED) is 0.698. The molecule has 0 aromatic heterocycles. The van der Waals surface area contributed by atoms with Crippen molar-refractivity contribution in [3.8, 4) is 11.1 Å². The zero-order valence-electron chi connectivity index (χ0n) is 18.9. The van der Waals surface area contributed by atoms with E-state index in [2.05, 4.69) is 17.4 Å². The molecule has 2 aromatic rings. The molecule has 0 saturated carbocycles. The molecule has 1 heterocycles. The minimum absolute atomic E-state index is 0.0921. The van der Waals surface area contributed by atoms with Gasteiger partial charge in [-0.15, -0.1) is 0 Å². The Morgan fingerprint density at radius 2 is 1.70 bits per heavy atom. The van der Waals surface area contributed by atoms with Gasteiger partial charge in [0.05, 0.1) is 6.10 Å². The van der Waals surface area contributed by atoms with E-state index in [0.717, 1.165) is 22.3 Å². The number of nitrogens with one attached hydrogen (secondary N) is 1. The molecule has 2 N–H and O–H groups in total. The molecule has 2 amide bonds. The van der Waals surface area contributed by atoms with Crippen molar-refractivity contribution >= 4 is 18.0 Å². The number of alkyl carbamates (subject to hydrolysis) is 1.